The van der Waals surface area contributed by atoms with Gasteiger partial charge in [0.05, 0.1) is 17.4 Å². The van der Waals surface area contributed by atoms with E-state index in [-0.39, 0.29) is 19.0 Å². The highest BCUT2D eigenvalue weighted by Crippen LogP contribution is 2.18. The van der Waals surface area contributed by atoms with Crippen LogP contribution in [0.5, 0.6) is 0 Å². The van der Waals surface area contributed by atoms with E-state index in [0.717, 1.165) is 16.6 Å². The number of rotatable bonds is 2. The van der Waals surface area contributed by atoms with Crippen molar-refractivity contribution >= 4 is 17.0 Å². The number of hydrogen-bond donors (Lipinski definition) is 1. The monoisotopic (exact) mass is 239 g/mol. The van der Waals surface area contributed by atoms with Gasteiger partial charge < -0.3 is 22.1 Å². The van der Waals surface area contributed by atoms with Crippen LogP contribution in [-0.4, -0.2) is 20.6 Å². The summed E-state index contributed by atoms with van der Waals surface area (Å²) in [6, 6.07) is 3.95. The zero-order chi connectivity index (χ0) is 11.0. The fourth-order valence-electron chi connectivity index (χ4n) is 1.58. The number of aliphatic carboxylic acids is 1. The second-order valence-electron chi connectivity index (χ2n) is 3.69. The molecule has 1 heterocycles. The SMILES string of the molecule is Cc1cc2ncn(CC(=O)O)c2cc1C.[Cl-]. The summed E-state index contributed by atoms with van der Waals surface area (Å²) >= 11 is 0. The van der Waals surface area contributed by atoms with Crippen molar-refractivity contribution < 1.29 is 22.3 Å². The number of imidazole rings is 1. The Morgan fingerprint density at radius 1 is 1.38 bits per heavy atom. The first-order valence-corrected chi connectivity index (χ1v) is 4.72. The second kappa shape index (κ2) is 4.53. The Morgan fingerprint density at radius 2 is 2.00 bits per heavy atom. The Bertz CT molecular complexity index is 534. The lowest BCUT2D eigenvalue weighted by atomic mass is 10.1. The molecule has 1 aromatic heterocycles. The van der Waals surface area contributed by atoms with Crippen molar-refractivity contribution in [3.63, 3.8) is 0 Å². The van der Waals surface area contributed by atoms with Gasteiger partial charge in [0, 0.05) is 0 Å². The fourth-order valence-corrected chi connectivity index (χ4v) is 1.58. The van der Waals surface area contributed by atoms with E-state index < -0.39 is 5.97 Å². The Hall–Kier alpha value is -1.55. The van der Waals surface area contributed by atoms with Gasteiger partial charge in [0.1, 0.15) is 6.54 Å². The van der Waals surface area contributed by atoms with Crippen molar-refractivity contribution in [3.05, 3.63) is 29.6 Å². The largest absolute Gasteiger partial charge is 1.00 e. The average Bonchev–Trinajstić information content (AvgIpc) is 2.49. The van der Waals surface area contributed by atoms with Crippen LogP contribution in [0.15, 0.2) is 18.5 Å². The number of hydrogen-bond acceptors (Lipinski definition) is 2. The van der Waals surface area contributed by atoms with Crippen LogP contribution < -0.4 is 12.4 Å². The molecule has 1 aromatic carbocycles. The maximum absolute atomic E-state index is 10.6. The molecular formula is C11H12ClN2O2-. The lowest BCUT2D eigenvalue weighted by Gasteiger charge is -2.02. The summed E-state index contributed by atoms with van der Waals surface area (Å²) in [7, 11) is 0. The number of fused-ring (bicyclic) bond motifs is 1. The summed E-state index contributed by atoms with van der Waals surface area (Å²) in [5.41, 5.74) is 4.04. The van der Waals surface area contributed by atoms with Crippen molar-refractivity contribution in [1.82, 2.24) is 9.55 Å². The Labute approximate surface area is 99.3 Å². The first-order valence-electron chi connectivity index (χ1n) is 4.72. The molecule has 0 spiro atoms. The van der Waals surface area contributed by atoms with E-state index >= 15 is 0 Å². The van der Waals surface area contributed by atoms with Crippen LogP contribution in [0.25, 0.3) is 11.0 Å². The number of carboxylic acid groups (broad SMARTS) is 1. The van der Waals surface area contributed by atoms with Gasteiger partial charge in [-0.15, -0.1) is 0 Å². The Balaban J connectivity index is 0.00000128. The molecule has 0 bridgehead atoms. The van der Waals surface area contributed by atoms with Gasteiger partial charge in [-0.05, 0) is 37.1 Å². The Morgan fingerprint density at radius 3 is 2.62 bits per heavy atom. The average molecular weight is 240 g/mol. The molecule has 5 heteroatoms. The summed E-state index contributed by atoms with van der Waals surface area (Å²) in [6.07, 6.45) is 1.57. The van der Waals surface area contributed by atoms with Gasteiger partial charge >= 0.3 is 5.97 Å². The predicted octanol–water partition coefficient (Wildman–Crippen LogP) is -1.26. The molecule has 0 aliphatic rings. The molecule has 4 nitrogen and oxygen atoms in total. The molecule has 0 fully saturated rings. The molecule has 0 unspecified atom stereocenters. The highest BCUT2D eigenvalue weighted by molar-refractivity contribution is 5.79. The van der Waals surface area contributed by atoms with Crippen molar-refractivity contribution in [1.29, 1.82) is 0 Å². The molecule has 1 N–H and O–H groups in total. The number of carboxylic acids is 1. The van der Waals surface area contributed by atoms with Crippen molar-refractivity contribution in [2.45, 2.75) is 20.4 Å². The number of aryl methyl sites for hydroxylation is 2. The van der Waals surface area contributed by atoms with Crippen LogP contribution in [-0.2, 0) is 11.3 Å². The minimum absolute atomic E-state index is 0. The van der Waals surface area contributed by atoms with Gasteiger partial charge in [-0.1, -0.05) is 0 Å². The predicted molar refractivity (Wildman–Crippen MR) is 56.8 cm³/mol. The summed E-state index contributed by atoms with van der Waals surface area (Å²) in [6.45, 7) is 3.98. The van der Waals surface area contributed by atoms with E-state index in [4.69, 9.17) is 5.11 Å². The van der Waals surface area contributed by atoms with E-state index in [1.807, 2.05) is 26.0 Å². The van der Waals surface area contributed by atoms with Crippen LogP contribution in [0.4, 0.5) is 0 Å². The second-order valence-corrected chi connectivity index (χ2v) is 3.69. The lowest BCUT2D eigenvalue weighted by molar-refractivity contribution is -0.137. The maximum atomic E-state index is 10.6. The summed E-state index contributed by atoms with van der Waals surface area (Å²) < 4.78 is 1.64. The van der Waals surface area contributed by atoms with Crippen LogP contribution >= 0.6 is 0 Å². The molecule has 2 rings (SSSR count). The molecular weight excluding hydrogens is 228 g/mol. The molecule has 0 atom stereocenters. The first-order chi connectivity index (χ1) is 7.08. The summed E-state index contributed by atoms with van der Waals surface area (Å²) in [4.78, 5) is 14.8. The van der Waals surface area contributed by atoms with E-state index in [2.05, 4.69) is 4.98 Å². The van der Waals surface area contributed by atoms with E-state index in [1.54, 1.807) is 10.9 Å². The normalized spacial score (nSPS) is 10.1. The zero-order valence-electron chi connectivity index (χ0n) is 9.07. The minimum atomic E-state index is -0.854. The van der Waals surface area contributed by atoms with Gasteiger partial charge in [-0.25, -0.2) is 4.98 Å². The standard InChI is InChI=1S/C11H12N2O2.ClH/c1-7-3-9-10(4-8(7)2)13(6-12-9)5-11(14)15;/h3-4,6H,5H2,1-2H3,(H,14,15);1H/p-1. The minimum Gasteiger partial charge on any atom is -1.00 e. The summed E-state index contributed by atoms with van der Waals surface area (Å²) in [5.74, 6) is -0.854. The molecule has 16 heavy (non-hydrogen) atoms. The van der Waals surface area contributed by atoms with Gasteiger partial charge in [-0.2, -0.15) is 0 Å². The van der Waals surface area contributed by atoms with Crippen LogP contribution in [0.1, 0.15) is 11.1 Å². The fraction of sp³-hybridized carbons (Fsp3) is 0.273. The van der Waals surface area contributed by atoms with Crippen molar-refractivity contribution in [2.75, 3.05) is 0 Å². The number of carbonyl (C=O) groups is 1. The third-order valence-corrected chi connectivity index (χ3v) is 2.54. The van der Waals surface area contributed by atoms with E-state index in [1.165, 1.54) is 5.56 Å². The maximum Gasteiger partial charge on any atom is 0.323 e. The van der Waals surface area contributed by atoms with Gasteiger partial charge in [0.25, 0.3) is 0 Å². The van der Waals surface area contributed by atoms with Crippen LogP contribution in [0, 0.1) is 13.8 Å². The Kier molecular flexibility index (Phi) is 3.55. The van der Waals surface area contributed by atoms with Crippen molar-refractivity contribution in [3.8, 4) is 0 Å². The molecule has 0 radical (unpaired) electrons. The van der Waals surface area contributed by atoms with E-state index in [0.29, 0.717) is 0 Å². The highest BCUT2D eigenvalue weighted by atomic mass is 35.5. The number of nitrogens with zero attached hydrogens (tertiary/aromatic N) is 2. The van der Waals surface area contributed by atoms with Gasteiger partial charge in [0.15, 0.2) is 0 Å². The third-order valence-electron chi connectivity index (χ3n) is 2.54. The molecule has 0 aliphatic carbocycles. The topological polar surface area (TPSA) is 55.1 Å². The van der Waals surface area contributed by atoms with Crippen LogP contribution in [0.3, 0.4) is 0 Å². The third kappa shape index (κ3) is 2.17. The number of halogens is 1. The molecule has 0 saturated heterocycles. The van der Waals surface area contributed by atoms with Gasteiger partial charge in [0.2, 0.25) is 0 Å². The molecule has 2 aromatic rings. The number of aromatic nitrogens is 2. The molecule has 0 amide bonds. The van der Waals surface area contributed by atoms with Crippen molar-refractivity contribution in [2.24, 2.45) is 0 Å². The molecule has 0 aliphatic heterocycles. The van der Waals surface area contributed by atoms with Gasteiger partial charge in [-0.3, -0.25) is 4.79 Å². The van der Waals surface area contributed by atoms with Crippen LogP contribution in [0.2, 0.25) is 0 Å². The number of benzene rings is 1. The smallest absolute Gasteiger partial charge is 0.323 e. The highest BCUT2D eigenvalue weighted by Gasteiger charge is 2.07. The quantitative estimate of drug-likeness (QED) is 0.712. The first kappa shape index (κ1) is 12.5. The lowest BCUT2D eigenvalue weighted by Crippen LogP contribution is -3.00. The summed E-state index contributed by atoms with van der Waals surface area (Å²) in [5, 5.41) is 8.72. The molecule has 0 saturated carbocycles. The van der Waals surface area contributed by atoms with E-state index in [9.17, 15) is 4.79 Å². The zero-order valence-corrected chi connectivity index (χ0v) is 9.82. The molecule has 86 valence electrons.